The zero-order valence-corrected chi connectivity index (χ0v) is 14.0. The number of carbonyl (C=O) groups excluding carboxylic acids is 2. The molecule has 2 fully saturated rings. The van der Waals surface area contributed by atoms with Crippen molar-refractivity contribution >= 4 is 12.0 Å². The fraction of sp³-hybridized carbons (Fsp3) is 0.875. The Morgan fingerprint density at radius 3 is 2.59 bits per heavy atom. The molecule has 0 aromatic carbocycles. The summed E-state index contributed by atoms with van der Waals surface area (Å²) in [5, 5.41) is 0. The SMILES string of the molecule is CC1CCCC(=O)N1[C@H]1C[C@H](F)CN(C(=O)OC(C)(C)C)C1. The molecule has 2 aliphatic heterocycles. The number of piperidine rings is 2. The topological polar surface area (TPSA) is 49.9 Å². The van der Waals surface area contributed by atoms with Crippen LogP contribution >= 0.6 is 0 Å². The van der Waals surface area contributed by atoms with Crippen molar-refractivity contribution in [3.8, 4) is 0 Å². The van der Waals surface area contributed by atoms with Crippen LogP contribution in [-0.2, 0) is 9.53 Å². The maximum absolute atomic E-state index is 14.1. The van der Waals surface area contributed by atoms with Crippen molar-refractivity contribution in [2.75, 3.05) is 13.1 Å². The lowest BCUT2D eigenvalue weighted by Crippen LogP contribution is -2.58. The first kappa shape index (κ1) is 17.0. The maximum Gasteiger partial charge on any atom is 0.410 e. The highest BCUT2D eigenvalue weighted by atomic mass is 19.1. The van der Waals surface area contributed by atoms with Gasteiger partial charge in [0.2, 0.25) is 5.91 Å². The van der Waals surface area contributed by atoms with Crippen LogP contribution in [0.1, 0.15) is 53.4 Å². The summed E-state index contributed by atoms with van der Waals surface area (Å²) in [6.45, 7) is 7.75. The molecule has 0 N–H and O–H groups in total. The molecule has 6 heteroatoms. The number of alkyl halides is 1. The second kappa shape index (κ2) is 6.42. The Balaban J connectivity index is 2.07. The van der Waals surface area contributed by atoms with Crippen LogP contribution in [0.2, 0.25) is 0 Å². The average molecular weight is 314 g/mol. The van der Waals surface area contributed by atoms with Crippen LogP contribution in [0.3, 0.4) is 0 Å². The number of rotatable bonds is 1. The minimum Gasteiger partial charge on any atom is -0.444 e. The number of likely N-dealkylation sites (tertiary alicyclic amines) is 2. The number of hydrogen-bond acceptors (Lipinski definition) is 3. The molecule has 0 aromatic heterocycles. The van der Waals surface area contributed by atoms with Gasteiger partial charge >= 0.3 is 6.09 Å². The second-order valence-corrected chi connectivity index (χ2v) is 7.41. The third kappa shape index (κ3) is 4.11. The van der Waals surface area contributed by atoms with E-state index in [0.717, 1.165) is 12.8 Å². The highest BCUT2D eigenvalue weighted by molar-refractivity contribution is 5.78. The summed E-state index contributed by atoms with van der Waals surface area (Å²) in [5.74, 6) is 0.0713. The largest absolute Gasteiger partial charge is 0.444 e. The molecule has 0 aromatic rings. The van der Waals surface area contributed by atoms with E-state index in [4.69, 9.17) is 4.74 Å². The Kier molecular flexibility index (Phi) is 4.97. The number of halogens is 1. The number of hydrogen-bond donors (Lipinski definition) is 0. The first-order valence-corrected chi connectivity index (χ1v) is 8.10. The van der Waals surface area contributed by atoms with Gasteiger partial charge in [-0.2, -0.15) is 0 Å². The van der Waals surface area contributed by atoms with Crippen LogP contribution in [-0.4, -0.2) is 58.7 Å². The molecule has 3 atom stereocenters. The zero-order valence-electron chi connectivity index (χ0n) is 14.0. The Morgan fingerprint density at radius 1 is 1.32 bits per heavy atom. The van der Waals surface area contributed by atoms with E-state index in [-0.39, 0.29) is 24.5 Å². The van der Waals surface area contributed by atoms with E-state index in [1.807, 2.05) is 6.92 Å². The first-order valence-electron chi connectivity index (χ1n) is 8.10. The molecule has 0 aliphatic carbocycles. The lowest BCUT2D eigenvalue weighted by atomic mass is 9.95. The van der Waals surface area contributed by atoms with E-state index in [1.54, 1.807) is 25.7 Å². The molecule has 0 bridgehead atoms. The molecule has 126 valence electrons. The fourth-order valence-corrected chi connectivity index (χ4v) is 3.32. The van der Waals surface area contributed by atoms with Crippen LogP contribution in [0.25, 0.3) is 0 Å². The van der Waals surface area contributed by atoms with Crippen molar-refractivity contribution < 1.29 is 18.7 Å². The summed E-state index contributed by atoms with van der Waals surface area (Å²) in [6, 6.07) is -0.142. The molecule has 1 unspecified atom stereocenters. The van der Waals surface area contributed by atoms with Crippen LogP contribution in [0, 0.1) is 0 Å². The fourth-order valence-electron chi connectivity index (χ4n) is 3.32. The van der Waals surface area contributed by atoms with Gasteiger partial charge in [0.05, 0.1) is 12.6 Å². The van der Waals surface area contributed by atoms with E-state index in [2.05, 4.69) is 0 Å². The summed E-state index contributed by atoms with van der Waals surface area (Å²) in [5.41, 5.74) is -0.607. The Hall–Kier alpha value is -1.33. The quantitative estimate of drug-likeness (QED) is 0.748. The molecule has 0 radical (unpaired) electrons. The van der Waals surface area contributed by atoms with Crippen molar-refractivity contribution in [1.29, 1.82) is 0 Å². The average Bonchev–Trinajstić information content (AvgIpc) is 2.35. The van der Waals surface area contributed by atoms with Gasteiger partial charge in [-0.25, -0.2) is 9.18 Å². The van der Waals surface area contributed by atoms with Gasteiger partial charge in [-0.1, -0.05) is 0 Å². The number of nitrogens with zero attached hydrogens (tertiary/aromatic N) is 2. The van der Waals surface area contributed by atoms with Crippen molar-refractivity contribution in [2.24, 2.45) is 0 Å². The first-order chi connectivity index (χ1) is 10.2. The molecule has 2 rings (SSSR count). The van der Waals surface area contributed by atoms with Crippen molar-refractivity contribution in [3.05, 3.63) is 0 Å². The molecule has 2 aliphatic rings. The minimum absolute atomic E-state index is 0.0435. The van der Waals surface area contributed by atoms with E-state index in [0.29, 0.717) is 19.4 Å². The van der Waals surface area contributed by atoms with Crippen LogP contribution in [0.4, 0.5) is 9.18 Å². The van der Waals surface area contributed by atoms with Crippen LogP contribution < -0.4 is 0 Å². The van der Waals surface area contributed by atoms with Crippen molar-refractivity contribution in [3.63, 3.8) is 0 Å². The van der Waals surface area contributed by atoms with Gasteiger partial charge in [0.25, 0.3) is 0 Å². The van der Waals surface area contributed by atoms with E-state index < -0.39 is 17.9 Å². The number of amides is 2. The predicted molar refractivity (Wildman–Crippen MR) is 81.3 cm³/mol. The number of ether oxygens (including phenoxy) is 1. The standard InChI is InChI=1S/C16H27FN2O3/c1-11-6-5-7-14(20)19(11)13-8-12(17)9-18(10-13)15(21)22-16(2,3)4/h11-13H,5-10H2,1-4H3/t11?,12-,13-/m0/s1. The highest BCUT2D eigenvalue weighted by Gasteiger charge is 2.39. The van der Waals surface area contributed by atoms with E-state index in [1.165, 1.54) is 4.90 Å². The highest BCUT2D eigenvalue weighted by Crippen LogP contribution is 2.27. The minimum atomic E-state index is -1.12. The van der Waals surface area contributed by atoms with E-state index in [9.17, 15) is 14.0 Å². The normalized spacial score (nSPS) is 30.4. The van der Waals surface area contributed by atoms with Gasteiger partial charge in [0.15, 0.2) is 0 Å². The van der Waals surface area contributed by atoms with Gasteiger partial charge in [0.1, 0.15) is 11.8 Å². The maximum atomic E-state index is 14.1. The molecule has 0 saturated carbocycles. The monoisotopic (exact) mass is 314 g/mol. The third-order valence-corrected chi connectivity index (χ3v) is 4.20. The molecule has 0 spiro atoms. The molecule has 22 heavy (non-hydrogen) atoms. The molecule has 2 heterocycles. The summed E-state index contributed by atoms with van der Waals surface area (Å²) in [7, 11) is 0. The summed E-state index contributed by atoms with van der Waals surface area (Å²) < 4.78 is 19.4. The molecule has 2 saturated heterocycles. The predicted octanol–water partition coefficient (Wildman–Crippen LogP) is 2.73. The lowest BCUT2D eigenvalue weighted by molar-refractivity contribution is -0.141. The van der Waals surface area contributed by atoms with Gasteiger partial charge < -0.3 is 14.5 Å². The van der Waals surface area contributed by atoms with Crippen LogP contribution in [0.15, 0.2) is 0 Å². The Labute approximate surface area is 131 Å². The smallest absolute Gasteiger partial charge is 0.410 e. The summed E-state index contributed by atoms with van der Waals surface area (Å²) >= 11 is 0. The number of carbonyl (C=O) groups is 2. The second-order valence-electron chi connectivity index (χ2n) is 7.41. The van der Waals surface area contributed by atoms with Gasteiger partial charge in [0, 0.05) is 25.4 Å². The van der Waals surface area contributed by atoms with Crippen molar-refractivity contribution in [1.82, 2.24) is 9.80 Å². The van der Waals surface area contributed by atoms with Gasteiger partial charge in [-0.15, -0.1) is 0 Å². The third-order valence-electron chi connectivity index (χ3n) is 4.20. The summed E-state index contributed by atoms with van der Waals surface area (Å²) in [4.78, 5) is 27.6. The van der Waals surface area contributed by atoms with Crippen molar-refractivity contribution in [2.45, 2.75) is 77.2 Å². The van der Waals surface area contributed by atoms with E-state index >= 15 is 0 Å². The molecular formula is C16H27FN2O3. The zero-order chi connectivity index (χ0) is 16.5. The Bertz CT molecular complexity index is 436. The molecular weight excluding hydrogens is 287 g/mol. The Morgan fingerprint density at radius 2 is 2.00 bits per heavy atom. The lowest BCUT2D eigenvalue weighted by Gasteiger charge is -2.45. The van der Waals surface area contributed by atoms with Gasteiger partial charge in [-0.3, -0.25) is 4.79 Å². The van der Waals surface area contributed by atoms with Crippen LogP contribution in [0.5, 0.6) is 0 Å². The van der Waals surface area contributed by atoms with Gasteiger partial charge in [-0.05, 0) is 40.5 Å². The molecule has 5 nitrogen and oxygen atoms in total. The summed E-state index contributed by atoms with van der Waals surface area (Å²) in [6.07, 6.45) is 1.02. The molecule has 2 amide bonds.